The van der Waals surface area contributed by atoms with E-state index in [1.165, 1.54) is 5.56 Å². The number of anilines is 12. The fraction of sp³-hybridized carbons (Fsp3) is 0.0625. The maximum atomic E-state index is 5.48. The Bertz CT molecular complexity index is 3210. The van der Waals surface area contributed by atoms with Gasteiger partial charge >= 0.3 is 0 Å². The molecule has 0 unspecified atom stereocenters. The van der Waals surface area contributed by atoms with Crippen LogP contribution < -0.4 is 33.8 Å². The van der Waals surface area contributed by atoms with Gasteiger partial charge in [0.15, 0.2) is 0 Å². The minimum atomic E-state index is 0.806. The van der Waals surface area contributed by atoms with E-state index < -0.39 is 0 Å². The molecular weight excluding hydrogens is 873 g/mol. The zero-order valence-electron chi connectivity index (χ0n) is 40.3. The topological polar surface area (TPSA) is 40.7 Å². The van der Waals surface area contributed by atoms with E-state index in [4.69, 9.17) is 14.2 Å². The second-order valence-electron chi connectivity index (χ2n) is 17.1. The zero-order valence-corrected chi connectivity index (χ0v) is 40.3. The smallest absolute Gasteiger partial charge is 0.119 e. The molecule has 0 amide bonds. The van der Waals surface area contributed by atoms with Crippen LogP contribution in [-0.4, -0.2) is 21.3 Å². The first kappa shape index (κ1) is 45.6. The van der Waals surface area contributed by atoms with Gasteiger partial charge in [0.2, 0.25) is 0 Å². The molecule has 10 rings (SSSR count). The van der Waals surface area contributed by atoms with E-state index in [2.05, 4.69) is 245 Å². The number of aryl methyl sites for hydroxylation is 1. The summed E-state index contributed by atoms with van der Waals surface area (Å²) in [7, 11) is 5.07. The van der Waals surface area contributed by atoms with Gasteiger partial charge in [-0.15, -0.1) is 0 Å². The number of hydrogen-bond acceptors (Lipinski definition) is 7. The summed E-state index contributed by atoms with van der Waals surface area (Å²) >= 11 is 0. The molecule has 10 aromatic rings. The summed E-state index contributed by atoms with van der Waals surface area (Å²) in [5, 5.41) is 0. The summed E-state index contributed by atoms with van der Waals surface area (Å²) < 4.78 is 16.4. The third-order valence-electron chi connectivity index (χ3n) is 12.6. The van der Waals surface area contributed by atoms with Crippen molar-refractivity contribution in [2.75, 3.05) is 40.9 Å². The molecule has 0 bridgehead atoms. The fourth-order valence-corrected chi connectivity index (χ4v) is 8.94. The number of benzene rings is 10. The van der Waals surface area contributed by atoms with Crippen LogP contribution in [0.15, 0.2) is 255 Å². The third-order valence-corrected chi connectivity index (χ3v) is 12.6. The highest BCUT2D eigenvalue weighted by molar-refractivity contribution is 5.84. The van der Waals surface area contributed by atoms with E-state index in [0.29, 0.717) is 0 Å². The van der Waals surface area contributed by atoms with Gasteiger partial charge in [-0.25, -0.2) is 0 Å². The van der Waals surface area contributed by atoms with Gasteiger partial charge in [0.05, 0.1) is 21.3 Å². The van der Waals surface area contributed by atoms with Crippen molar-refractivity contribution in [1.29, 1.82) is 0 Å². The van der Waals surface area contributed by atoms with Crippen molar-refractivity contribution in [3.05, 3.63) is 260 Å². The summed E-state index contributed by atoms with van der Waals surface area (Å²) in [6.07, 6.45) is 0. The first-order valence-electron chi connectivity index (χ1n) is 23.7. The van der Waals surface area contributed by atoms with E-state index in [9.17, 15) is 0 Å². The van der Waals surface area contributed by atoms with Crippen molar-refractivity contribution in [2.45, 2.75) is 6.92 Å². The van der Waals surface area contributed by atoms with Gasteiger partial charge in [-0.2, -0.15) is 0 Å². The van der Waals surface area contributed by atoms with Crippen LogP contribution in [0.25, 0.3) is 11.1 Å². The van der Waals surface area contributed by atoms with Crippen LogP contribution in [0.1, 0.15) is 5.56 Å². The van der Waals surface area contributed by atoms with E-state index in [1.807, 2.05) is 36.4 Å². The largest absolute Gasteiger partial charge is 0.497 e. The summed E-state index contributed by atoms with van der Waals surface area (Å²) in [6, 6.07) is 89.3. The molecule has 348 valence electrons. The Balaban J connectivity index is 0.929. The lowest BCUT2D eigenvalue weighted by molar-refractivity contribution is 0.414. The van der Waals surface area contributed by atoms with Crippen molar-refractivity contribution >= 4 is 68.2 Å². The molecule has 0 radical (unpaired) electrons. The summed E-state index contributed by atoms with van der Waals surface area (Å²) in [6.45, 7) is 2.11. The monoisotopic (exact) mass is 926 g/mol. The number of methoxy groups -OCH3 is 3. The Morgan fingerprint density at radius 3 is 0.620 bits per heavy atom. The molecule has 0 fully saturated rings. The lowest BCUT2D eigenvalue weighted by Crippen LogP contribution is -2.12. The standard InChI is InChI=1S/C64H54N4O3/c1-47-15-21-52(22-16-47)67(59-35-41-62(69-2)42-36-59)57-31-27-55(28-32-57)65(50-11-7-5-8-12-50)53-23-17-48(18-24-53)49-19-25-54(26-20-49)66(51-13-9-6-10-14-51)56-29-33-58(34-30-56)68(60-37-43-63(70-3)44-38-60)61-39-45-64(71-4)46-40-61/h5-46H,1-4H3. The Morgan fingerprint density at radius 1 is 0.211 bits per heavy atom. The molecule has 0 aliphatic rings. The van der Waals surface area contributed by atoms with Crippen molar-refractivity contribution in [2.24, 2.45) is 0 Å². The minimum Gasteiger partial charge on any atom is -0.497 e. The Morgan fingerprint density at radius 2 is 0.394 bits per heavy atom. The average Bonchev–Trinajstić information content (AvgIpc) is 3.44. The number of hydrogen-bond donors (Lipinski definition) is 0. The molecule has 7 nitrogen and oxygen atoms in total. The minimum absolute atomic E-state index is 0.806. The molecule has 0 saturated carbocycles. The molecule has 0 aliphatic carbocycles. The Kier molecular flexibility index (Phi) is 13.5. The Labute approximate surface area is 417 Å². The maximum absolute atomic E-state index is 5.48. The van der Waals surface area contributed by atoms with Crippen LogP contribution in [0, 0.1) is 6.92 Å². The number of nitrogens with zero attached hydrogens (tertiary/aromatic N) is 4. The molecule has 0 saturated heterocycles. The highest BCUT2D eigenvalue weighted by Crippen LogP contribution is 2.43. The van der Waals surface area contributed by atoms with Gasteiger partial charge in [-0.1, -0.05) is 78.4 Å². The Hall–Kier alpha value is -9.20. The molecule has 10 aromatic carbocycles. The second-order valence-corrected chi connectivity index (χ2v) is 17.1. The summed E-state index contributed by atoms with van der Waals surface area (Å²) in [4.78, 5) is 9.10. The fourth-order valence-electron chi connectivity index (χ4n) is 8.94. The predicted molar refractivity (Wildman–Crippen MR) is 295 cm³/mol. The molecule has 0 aromatic heterocycles. The van der Waals surface area contributed by atoms with Gasteiger partial charge < -0.3 is 33.8 Å². The molecular formula is C64H54N4O3. The van der Waals surface area contributed by atoms with Gasteiger partial charge in [0, 0.05) is 68.2 Å². The highest BCUT2D eigenvalue weighted by Gasteiger charge is 2.19. The molecule has 0 N–H and O–H groups in total. The lowest BCUT2D eigenvalue weighted by Gasteiger charge is -2.29. The van der Waals surface area contributed by atoms with Crippen molar-refractivity contribution in [3.63, 3.8) is 0 Å². The van der Waals surface area contributed by atoms with Crippen LogP contribution in [0.4, 0.5) is 68.2 Å². The zero-order chi connectivity index (χ0) is 48.5. The van der Waals surface area contributed by atoms with Crippen LogP contribution in [-0.2, 0) is 0 Å². The van der Waals surface area contributed by atoms with Crippen molar-refractivity contribution < 1.29 is 14.2 Å². The average molecular weight is 927 g/mol. The number of rotatable bonds is 16. The van der Waals surface area contributed by atoms with Crippen LogP contribution in [0.2, 0.25) is 0 Å². The molecule has 0 spiro atoms. The first-order chi connectivity index (χ1) is 35.0. The molecule has 7 heteroatoms. The van der Waals surface area contributed by atoms with E-state index >= 15 is 0 Å². The van der Waals surface area contributed by atoms with E-state index in [0.717, 1.165) is 96.6 Å². The van der Waals surface area contributed by atoms with Gasteiger partial charge in [-0.05, 0) is 200 Å². The van der Waals surface area contributed by atoms with Crippen LogP contribution >= 0.6 is 0 Å². The third kappa shape index (κ3) is 10.0. The molecule has 0 atom stereocenters. The SMILES string of the molecule is COc1ccc(N(c2ccc(C)cc2)c2ccc(N(c3ccccc3)c3ccc(-c4ccc(N(c5ccccc5)c5ccc(N(c6ccc(OC)cc6)c6ccc(OC)cc6)cc5)cc4)cc3)cc2)cc1. The van der Waals surface area contributed by atoms with Crippen LogP contribution in [0.3, 0.4) is 0 Å². The van der Waals surface area contributed by atoms with Crippen molar-refractivity contribution in [1.82, 2.24) is 0 Å². The predicted octanol–water partition coefficient (Wildman–Crippen LogP) is 17.6. The van der Waals surface area contributed by atoms with Crippen molar-refractivity contribution in [3.8, 4) is 28.4 Å². The van der Waals surface area contributed by atoms with Gasteiger partial charge in [-0.3, -0.25) is 0 Å². The van der Waals surface area contributed by atoms with E-state index in [-0.39, 0.29) is 0 Å². The molecule has 0 aliphatic heterocycles. The maximum Gasteiger partial charge on any atom is 0.119 e. The van der Waals surface area contributed by atoms with Crippen LogP contribution in [0.5, 0.6) is 17.2 Å². The molecule has 0 heterocycles. The molecule has 71 heavy (non-hydrogen) atoms. The normalized spacial score (nSPS) is 10.8. The summed E-state index contributed by atoms with van der Waals surface area (Å²) in [5.41, 5.74) is 16.1. The second kappa shape index (κ2) is 21.0. The quantitative estimate of drug-likeness (QED) is 0.0956. The first-order valence-corrected chi connectivity index (χ1v) is 23.7. The van der Waals surface area contributed by atoms with E-state index in [1.54, 1.807) is 21.3 Å². The highest BCUT2D eigenvalue weighted by atomic mass is 16.5. The lowest BCUT2D eigenvalue weighted by atomic mass is 10.0. The van der Waals surface area contributed by atoms with Gasteiger partial charge in [0.25, 0.3) is 0 Å². The number of para-hydroxylation sites is 2. The summed E-state index contributed by atoms with van der Waals surface area (Å²) in [5.74, 6) is 2.43. The van der Waals surface area contributed by atoms with Gasteiger partial charge in [0.1, 0.15) is 17.2 Å². The number of ether oxygens (including phenoxy) is 3.